The number of hydrogen-bond acceptors (Lipinski definition) is 5. The predicted octanol–water partition coefficient (Wildman–Crippen LogP) is 1.36. The normalized spacial score (nSPS) is 16.8. The number of nitrogens with zero attached hydrogens (tertiary/aromatic N) is 2. The van der Waals surface area contributed by atoms with Gasteiger partial charge < -0.3 is 25.0 Å². The zero-order valence-electron chi connectivity index (χ0n) is 16.0. The maximum Gasteiger partial charge on any atom is 0.254 e. The first-order valence-electron chi connectivity index (χ1n) is 8.98. The molecule has 2 N–H and O–H groups in total. The van der Waals surface area contributed by atoms with E-state index in [1.807, 2.05) is 13.8 Å². The van der Waals surface area contributed by atoms with Crippen molar-refractivity contribution in [2.45, 2.75) is 26.3 Å². The molecule has 1 aromatic carbocycles. The molecule has 0 spiro atoms. The number of piperazine rings is 1. The summed E-state index contributed by atoms with van der Waals surface area (Å²) in [6, 6.07) is 4.64. The Morgan fingerprint density at radius 1 is 1.08 bits per heavy atom. The minimum Gasteiger partial charge on any atom is -0.493 e. The van der Waals surface area contributed by atoms with E-state index in [9.17, 15) is 9.59 Å². The molecule has 1 aliphatic heterocycles. The molecule has 26 heavy (non-hydrogen) atoms. The van der Waals surface area contributed by atoms with Crippen LogP contribution in [0, 0.1) is 5.92 Å². The number of ether oxygens (including phenoxy) is 2. The lowest BCUT2D eigenvalue weighted by molar-refractivity contribution is -0.135. The van der Waals surface area contributed by atoms with Gasteiger partial charge in [-0.25, -0.2) is 0 Å². The van der Waals surface area contributed by atoms with Gasteiger partial charge in [-0.05, 0) is 24.1 Å². The monoisotopic (exact) mass is 363 g/mol. The summed E-state index contributed by atoms with van der Waals surface area (Å²) in [4.78, 5) is 28.7. The Labute approximate surface area is 155 Å². The summed E-state index contributed by atoms with van der Waals surface area (Å²) < 4.78 is 10.5. The first-order chi connectivity index (χ1) is 12.4. The number of methoxy groups -OCH3 is 2. The van der Waals surface area contributed by atoms with Crippen molar-refractivity contribution >= 4 is 11.8 Å². The lowest BCUT2D eigenvalue weighted by atomic mass is 9.98. The molecule has 2 unspecified atom stereocenters. The van der Waals surface area contributed by atoms with E-state index >= 15 is 0 Å². The van der Waals surface area contributed by atoms with Crippen LogP contribution in [-0.4, -0.2) is 68.1 Å². The first kappa shape index (κ1) is 20.0. The fraction of sp³-hybridized carbons (Fsp3) is 0.579. The molecule has 1 saturated heterocycles. The Hall–Kier alpha value is -2.28. The average Bonchev–Trinajstić information content (AvgIpc) is 2.70. The summed E-state index contributed by atoms with van der Waals surface area (Å²) >= 11 is 0. The van der Waals surface area contributed by atoms with Gasteiger partial charge in [-0.3, -0.25) is 9.59 Å². The third-order valence-electron chi connectivity index (χ3n) is 5.05. The van der Waals surface area contributed by atoms with Crippen molar-refractivity contribution in [2.24, 2.45) is 11.7 Å². The molecule has 0 radical (unpaired) electrons. The topological polar surface area (TPSA) is 85.1 Å². The highest BCUT2D eigenvalue weighted by Gasteiger charge is 2.29. The van der Waals surface area contributed by atoms with E-state index in [1.165, 1.54) is 7.11 Å². The van der Waals surface area contributed by atoms with Gasteiger partial charge in [-0.1, -0.05) is 20.3 Å². The molecule has 0 bridgehead atoms. The third-order valence-corrected chi connectivity index (χ3v) is 5.05. The number of hydrogen-bond donors (Lipinski definition) is 1. The van der Waals surface area contributed by atoms with Gasteiger partial charge in [0, 0.05) is 31.7 Å². The maximum absolute atomic E-state index is 12.7. The third kappa shape index (κ3) is 4.27. The number of amides is 2. The molecule has 7 nitrogen and oxygen atoms in total. The highest BCUT2D eigenvalue weighted by Crippen LogP contribution is 2.28. The van der Waals surface area contributed by atoms with Crippen LogP contribution in [0.25, 0.3) is 0 Å². The lowest BCUT2D eigenvalue weighted by Gasteiger charge is -2.36. The molecular formula is C19H29N3O4. The summed E-state index contributed by atoms with van der Waals surface area (Å²) in [5.41, 5.74) is 6.59. The summed E-state index contributed by atoms with van der Waals surface area (Å²) in [6.45, 7) is 6.00. The fourth-order valence-electron chi connectivity index (χ4n) is 2.99. The van der Waals surface area contributed by atoms with Crippen LogP contribution in [0.3, 0.4) is 0 Å². The van der Waals surface area contributed by atoms with Gasteiger partial charge >= 0.3 is 0 Å². The Bertz CT molecular complexity index is 642. The number of nitrogens with two attached hydrogens (primary N) is 1. The van der Waals surface area contributed by atoms with Crippen molar-refractivity contribution in [3.63, 3.8) is 0 Å². The Balaban J connectivity index is 1.99. The van der Waals surface area contributed by atoms with Gasteiger partial charge in [0.05, 0.1) is 20.3 Å². The van der Waals surface area contributed by atoms with E-state index in [1.54, 1.807) is 35.1 Å². The second kappa shape index (κ2) is 8.89. The Morgan fingerprint density at radius 3 is 2.19 bits per heavy atom. The van der Waals surface area contributed by atoms with E-state index < -0.39 is 6.04 Å². The standard InChI is InChI=1S/C19H29N3O4/c1-5-13(2)17(20)19(24)22-10-8-21(9-11-22)18(23)14-6-7-15(25-3)16(12-14)26-4/h6-7,12-13,17H,5,8-11,20H2,1-4H3. The largest absolute Gasteiger partial charge is 0.493 e. The molecule has 144 valence electrons. The quantitative estimate of drug-likeness (QED) is 0.825. The molecule has 2 rings (SSSR count). The van der Waals surface area contributed by atoms with Crippen molar-refractivity contribution in [1.82, 2.24) is 9.80 Å². The highest BCUT2D eigenvalue weighted by molar-refractivity contribution is 5.95. The van der Waals surface area contributed by atoms with E-state index in [2.05, 4.69) is 0 Å². The van der Waals surface area contributed by atoms with E-state index in [0.29, 0.717) is 43.2 Å². The van der Waals surface area contributed by atoms with Crippen molar-refractivity contribution in [3.05, 3.63) is 23.8 Å². The van der Waals surface area contributed by atoms with E-state index in [0.717, 1.165) is 6.42 Å². The fourth-order valence-corrected chi connectivity index (χ4v) is 2.99. The van der Waals surface area contributed by atoms with Crippen LogP contribution in [-0.2, 0) is 4.79 Å². The minimum absolute atomic E-state index is 0.0300. The number of carbonyl (C=O) groups excluding carboxylic acids is 2. The molecule has 0 saturated carbocycles. The number of carbonyl (C=O) groups is 2. The van der Waals surface area contributed by atoms with Gasteiger partial charge in [0.15, 0.2) is 11.5 Å². The van der Waals surface area contributed by atoms with Crippen molar-refractivity contribution < 1.29 is 19.1 Å². The summed E-state index contributed by atoms with van der Waals surface area (Å²) in [7, 11) is 3.09. The van der Waals surface area contributed by atoms with Crippen LogP contribution in [0.4, 0.5) is 0 Å². The minimum atomic E-state index is -0.479. The SMILES string of the molecule is CCC(C)C(N)C(=O)N1CCN(C(=O)c2ccc(OC)c(OC)c2)CC1. The molecule has 1 aromatic rings. The molecule has 1 heterocycles. The summed E-state index contributed by atoms with van der Waals surface area (Å²) in [5, 5.41) is 0. The number of benzene rings is 1. The predicted molar refractivity (Wildman–Crippen MR) is 99.5 cm³/mol. The molecule has 2 atom stereocenters. The smallest absolute Gasteiger partial charge is 0.254 e. The molecule has 0 aliphatic carbocycles. The van der Waals surface area contributed by atoms with Gasteiger partial charge in [-0.2, -0.15) is 0 Å². The van der Waals surface area contributed by atoms with Gasteiger partial charge in [0.25, 0.3) is 5.91 Å². The lowest BCUT2D eigenvalue weighted by Crippen LogP contribution is -2.55. The van der Waals surface area contributed by atoms with Crippen LogP contribution < -0.4 is 15.2 Å². The van der Waals surface area contributed by atoms with Crippen LogP contribution in [0.2, 0.25) is 0 Å². The van der Waals surface area contributed by atoms with Crippen molar-refractivity contribution in [1.29, 1.82) is 0 Å². The number of rotatable bonds is 6. The Kier molecular flexibility index (Phi) is 6.85. The molecule has 2 amide bonds. The molecule has 1 aliphatic rings. The van der Waals surface area contributed by atoms with Gasteiger partial charge in [0.1, 0.15) is 0 Å². The second-order valence-corrected chi connectivity index (χ2v) is 6.60. The maximum atomic E-state index is 12.7. The van der Waals surface area contributed by atoms with Crippen LogP contribution >= 0.6 is 0 Å². The molecule has 0 aromatic heterocycles. The summed E-state index contributed by atoms with van der Waals surface area (Å²) in [5.74, 6) is 1.14. The molecular weight excluding hydrogens is 334 g/mol. The average molecular weight is 363 g/mol. The Morgan fingerprint density at radius 2 is 1.65 bits per heavy atom. The highest BCUT2D eigenvalue weighted by atomic mass is 16.5. The molecule has 1 fully saturated rings. The first-order valence-corrected chi connectivity index (χ1v) is 8.98. The zero-order chi connectivity index (χ0) is 19.3. The van der Waals surface area contributed by atoms with Crippen molar-refractivity contribution in [2.75, 3.05) is 40.4 Å². The van der Waals surface area contributed by atoms with Crippen molar-refractivity contribution in [3.8, 4) is 11.5 Å². The van der Waals surface area contributed by atoms with E-state index in [-0.39, 0.29) is 17.7 Å². The van der Waals surface area contributed by atoms with Crippen LogP contribution in [0.1, 0.15) is 30.6 Å². The molecule has 7 heteroatoms. The van der Waals surface area contributed by atoms with Gasteiger partial charge in [-0.15, -0.1) is 0 Å². The van der Waals surface area contributed by atoms with Crippen LogP contribution in [0.5, 0.6) is 11.5 Å². The van der Waals surface area contributed by atoms with Gasteiger partial charge in [0.2, 0.25) is 5.91 Å². The van der Waals surface area contributed by atoms with E-state index in [4.69, 9.17) is 15.2 Å². The van der Waals surface area contributed by atoms with Crippen LogP contribution in [0.15, 0.2) is 18.2 Å². The second-order valence-electron chi connectivity index (χ2n) is 6.60. The zero-order valence-corrected chi connectivity index (χ0v) is 16.0. The summed E-state index contributed by atoms with van der Waals surface area (Å²) in [6.07, 6.45) is 0.866.